The summed E-state index contributed by atoms with van der Waals surface area (Å²) in [6, 6.07) is 14.6. The highest BCUT2D eigenvalue weighted by molar-refractivity contribution is 6.31. The van der Waals surface area contributed by atoms with Gasteiger partial charge in [0.05, 0.1) is 19.6 Å². The predicted molar refractivity (Wildman–Crippen MR) is 119 cm³/mol. The van der Waals surface area contributed by atoms with Crippen molar-refractivity contribution in [2.45, 2.75) is 33.1 Å². The molecular formula is C26H26O7. The Balaban J connectivity index is 2.33. The van der Waals surface area contributed by atoms with Gasteiger partial charge in [-0.1, -0.05) is 54.6 Å². The molecule has 0 bridgehead atoms. The van der Waals surface area contributed by atoms with Gasteiger partial charge in [-0.25, -0.2) is 0 Å². The van der Waals surface area contributed by atoms with Gasteiger partial charge < -0.3 is 9.47 Å². The summed E-state index contributed by atoms with van der Waals surface area (Å²) < 4.78 is 10.3. The minimum Gasteiger partial charge on any atom is -0.466 e. The van der Waals surface area contributed by atoms with Crippen molar-refractivity contribution in [3.8, 4) is 0 Å². The third kappa shape index (κ3) is 4.23. The third-order valence-electron chi connectivity index (χ3n) is 5.96. The highest BCUT2D eigenvalue weighted by Crippen LogP contribution is 2.53. The normalized spacial score (nSPS) is 16.0. The third-order valence-corrected chi connectivity index (χ3v) is 5.96. The standard InChI is InChI=1S/C26H26O7/c1-4-32-20(28)15-26(23(29)18-13-9-10-14-19(18)24(26)30)22(17-11-7-6-8-12-17)21(16(3)27)25(31)33-5-2/h6-14,21-22H,4-5,15H2,1-3H3. The lowest BCUT2D eigenvalue weighted by molar-refractivity contribution is -0.154. The molecule has 1 aliphatic carbocycles. The van der Waals surface area contributed by atoms with Gasteiger partial charge in [-0.15, -0.1) is 0 Å². The summed E-state index contributed by atoms with van der Waals surface area (Å²) in [5.74, 6) is -6.13. The largest absolute Gasteiger partial charge is 0.466 e. The number of carbonyl (C=O) groups is 5. The number of Topliss-reactive ketones (excluding diaryl/α,β-unsaturated/α-hetero) is 3. The van der Waals surface area contributed by atoms with Crippen LogP contribution in [0.4, 0.5) is 0 Å². The zero-order chi connectivity index (χ0) is 24.2. The summed E-state index contributed by atoms with van der Waals surface area (Å²) in [4.78, 5) is 66.4. The topological polar surface area (TPSA) is 104 Å². The van der Waals surface area contributed by atoms with Crippen LogP contribution in [-0.4, -0.2) is 42.5 Å². The molecule has 2 aromatic carbocycles. The first-order valence-corrected chi connectivity index (χ1v) is 10.9. The fourth-order valence-corrected chi connectivity index (χ4v) is 4.65. The Kier molecular flexibility index (Phi) is 7.21. The van der Waals surface area contributed by atoms with E-state index in [9.17, 15) is 24.0 Å². The van der Waals surface area contributed by atoms with Gasteiger partial charge in [0.2, 0.25) is 0 Å². The molecule has 7 heteroatoms. The number of carbonyl (C=O) groups excluding carboxylic acids is 5. The summed E-state index contributed by atoms with van der Waals surface area (Å²) in [7, 11) is 0. The summed E-state index contributed by atoms with van der Waals surface area (Å²) in [5, 5.41) is 0. The van der Waals surface area contributed by atoms with Gasteiger partial charge in [0, 0.05) is 17.0 Å². The Labute approximate surface area is 192 Å². The lowest BCUT2D eigenvalue weighted by Crippen LogP contribution is -2.48. The smallest absolute Gasteiger partial charge is 0.317 e. The van der Waals surface area contributed by atoms with E-state index in [0.29, 0.717) is 5.56 Å². The van der Waals surface area contributed by atoms with E-state index >= 15 is 0 Å². The summed E-state index contributed by atoms with van der Waals surface area (Å²) in [6.07, 6.45) is -0.601. The number of ketones is 3. The van der Waals surface area contributed by atoms with Gasteiger partial charge in [0.25, 0.3) is 0 Å². The van der Waals surface area contributed by atoms with Crippen molar-refractivity contribution >= 4 is 29.3 Å². The Morgan fingerprint density at radius 2 is 1.33 bits per heavy atom. The van der Waals surface area contributed by atoms with Gasteiger partial charge in [-0.2, -0.15) is 0 Å². The zero-order valence-electron chi connectivity index (χ0n) is 18.8. The van der Waals surface area contributed by atoms with Crippen LogP contribution in [0.25, 0.3) is 0 Å². The van der Waals surface area contributed by atoms with Gasteiger partial charge in [-0.05, 0) is 26.3 Å². The first-order valence-electron chi connectivity index (χ1n) is 10.9. The molecule has 1 aliphatic rings. The predicted octanol–water partition coefficient (Wildman–Crippen LogP) is 3.56. The van der Waals surface area contributed by atoms with E-state index in [1.54, 1.807) is 56.3 Å². The Morgan fingerprint density at radius 1 is 0.818 bits per heavy atom. The number of hydrogen-bond donors (Lipinski definition) is 0. The number of hydrogen-bond acceptors (Lipinski definition) is 7. The number of esters is 2. The molecule has 0 amide bonds. The Hall–Kier alpha value is -3.61. The molecule has 172 valence electrons. The van der Waals surface area contributed by atoms with E-state index in [0.717, 1.165) is 0 Å². The van der Waals surface area contributed by atoms with Crippen LogP contribution < -0.4 is 0 Å². The molecule has 0 spiro atoms. The molecule has 2 aromatic rings. The maximum Gasteiger partial charge on any atom is 0.317 e. The fraction of sp³-hybridized carbons (Fsp3) is 0.346. The minimum atomic E-state index is -2.03. The van der Waals surface area contributed by atoms with Crippen LogP contribution in [-0.2, 0) is 23.9 Å². The van der Waals surface area contributed by atoms with Crippen LogP contribution in [0.1, 0.15) is 59.4 Å². The van der Waals surface area contributed by atoms with Crippen LogP contribution in [0.15, 0.2) is 54.6 Å². The molecule has 2 atom stereocenters. The molecular weight excluding hydrogens is 424 g/mol. The van der Waals surface area contributed by atoms with Crippen molar-refractivity contribution in [2.75, 3.05) is 13.2 Å². The van der Waals surface area contributed by atoms with E-state index in [1.165, 1.54) is 19.1 Å². The van der Waals surface area contributed by atoms with Crippen LogP contribution in [0.3, 0.4) is 0 Å². The number of ether oxygens (including phenoxy) is 2. The van der Waals surface area contributed by atoms with Crippen molar-refractivity contribution < 1.29 is 33.4 Å². The number of fused-ring (bicyclic) bond motifs is 1. The molecule has 0 aromatic heterocycles. The van der Waals surface area contributed by atoms with Crippen molar-refractivity contribution in [1.82, 2.24) is 0 Å². The second-order valence-corrected chi connectivity index (χ2v) is 7.89. The summed E-state index contributed by atoms with van der Waals surface area (Å²) in [6.45, 7) is 4.49. The summed E-state index contributed by atoms with van der Waals surface area (Å²) in [5.41, 5.74) is -1.32. The lowest BCUT2D eigenvalue weighted by Gasteiger charge is -2.37. The Bertz CT molecular complexity index is 1050. The molecule has 7 nitrogen and oxygen atoms in total. The average Bonchev–Trinajstić information content (AvgIpc) is 3.00. The molecule has 0 aliphatic heterocycles. The molecule has 33 heavy (non-hydrogen) atoms. The maximum atomic E-state index is 13.9. The fourth-order valence-electron chi connectivity index (χ4n) is 4.65. The highest BCUT2D eigenvalue weighted by atomic mass is 16.5. The first kappa shape index (κ1) is 24.0. The lowest BCUT2D eigenvalue weighted by atomic mass is 9.61. The van der Waals surface area contributed by atoms with Crippen LogP contribution in [0.2, 0.25) is 0 Å². The van der Waals surface area contributed by atoms with E-state index in [2.05, 4.69) is 0 Å². The molecule has 0 saturated heterocycles. The maximum absolute atomic E-state index is 13.9. The molecule has 0 N–H and O–H groups in total. The first-order chi connectivity index (χ1) is 15.8. The second-order valence-electron chi connectivity index (χ2n) is 7.89. The molecule has 0 saturated carbocycles. The van der Waals surface area contributed by atoms with Crippen molar-refractivity contribution in [3.63, 3.8) is 0 Å². The van der Waals surface area contributed by atoms with E-state index in [-0.39, 0.29) is 24.3 Å². The monoisotopic (exact) mass is 450 g/mol. The molecule has 0 fully saturated rings. The quantitative estimate of drug-likeness (QED) is 0.425. The zero-order valence-corrected chi connectivity index (χ0v) is 18.8. The Morgan fingerprint density at radius 3 is 1.82 bits per heavy atom. The van der Waals surface area contributed by atoms with Gasteiger partial charge in [0.15, 0.2) is 11.6 Å². The van der Waals surface area contributed by atoms with Crippen molar-refractivity contribution in [3.05, 3.63) is 71.3 Å². The molecule has 2 unspecified atom stereocenters. The van der Waals surface area contributed by atoms with Crippen LogP contribution in [0, 0.1) is 11.3 Å². The van der Waals surface area contributed by atoms with E-state index < -0.39 is 53.0 Å². The molecule has 0 radical (unpaired) electrons. The van der Waals surface area contributed by atoms with Gasteiger partial charge in [-0.3, -0.25) is 24.0 Å². The summed E-state index contributed by atoms with van der Waals surface area (Å²) >= 11 is 0. The van der Waals surface area contributed by atoms with Gasteiger partial charge >= 0.3 is 11.9 Å². The minimum absolute atomic E-state index is 0.0110. The number of rotatable bonds is 9. The van der Waals surface area contributed by atoms with Gasteiger partial charge in [0.1, 0.15) is 17.1 Å². The van der Waals surface area contributed by atoms with E-state index in [1.807, 2.05) is 0 Å². The molecule has 0 heterocycles. The average molecular weight is 450 g/mol. The van der Waals surface area contributed by atoms with Crippen LogP contribution in [0.5, 0.6) is 0 Å². The van der Waals surface area contributed by atoms with Crippen molar-refractivity contribution in [2.24, 2.45) is 11.3 Å². The van der Waals surface area contributed by atoms with Crippen LogP contribution >= 0.6 is 0 Å². The number of benzene rings is 2. The second kappa shape index (κ2) is 9.90. The SMILES string of the molecule is CCOC(=O)CC1(C(c2ccccc2)C(C(C)=O)C(=O)OCC)C(=O)c2ccccc2C1=O. The van der Waals surface area contributed by atoms with Crippen molar-refractivity contribution in [1.29, 1.82) is 0 Å². The van der Waals surface area contributed by atoms with E-state index in [4.69, 9.17) is 9.47 Å². The highest BCUT2D eigenvalue weighted by Gasteiger charge is 2.62. The molecule has 3 rings (SSSR count).